The highest BCUT2D eigenvalue weighted by Crippen LogP contribution is 2.46. The number of nitrogens with one attached hydrogen (secondary N) is 1. The maximum absolute atomic E-state index is 10.6. The van der Waals surface area contributed by atoms with Crippen LogP contribution >= 0.6 is 33.8 Å². The summed E-state index contributed by atoms with van der Waals surface area (Å²) in [6.07, 6.45) is 0.732. The maximum atomic E-state index is 10.6. The smallest absolute Gasteiger partial charge is 0.103 e. The van der Waals surface area contributed by atoms with Crippen LogP contribution in [0.3, 0.4) is 0 Å². The number of aromatic nitrogens is 2. The summed E-state index contributed by atoms with van der Waals surface area (Å²) in [7, 11) is -2.46. The highest BCUT2D eigenvalue weighted by molar-refractivity contribution is 8.24. The number of anilines is 1. The molecular weight excluding hydrogens is 469 g/mol. The molecule has 1 aromatic heterocycles. The van der Waals surface area contributed by atoms with E-state index in [2.05, 4.69) is 10.4 Å². The number of benzene rings is 2. The van der Waals surface area contributed by atoms with Crippen LogP contribution in [0.5, 0.6) is 0 Å². The van der Waals surface area contributed by atoms with Gasteiger partial charge < -0.3 is 10.4 Å². The Labute approximate surface area is 199 Å². The van der Waals surface area contributed by atoms with Crippen LogP contribution in [0.15, 0.2) is 42.5 Å². The monoisotopic (exact) mass is 495 g/mol. The number of aryl methyl sites for hydroxylation is 1. The Balaban J connectivity index is 1.75. The SMILES string of the molecule is Cc1cc(NC2CCS(O)(O)C2)ccc1-c1cc(C(C)(C)O)nn1-c1c(Cl)cccc1Cl. The first kappa shape index (κ1) is 23.4. The Hall–Kier alpha value is -1.74. The number of nitrogens with zero attached hydrogens (tertiary/aromatic N) is 2. The molecule has 1 aliphatic rings. The van der Waals surface area contributed by atoms with Crippen LogP contribution in [0.2, 0.25) is 10.0 Å². The summed E-state index contributed by atoms with van der Waals surface area (Å²) in [5.41, 5.74) is 3.50. The van der Waals surface area contributed by atoms with Crippen molar-refractivity contribution in [1.82, 2.24) is 9.78 Å². The maximum Gasteiger partial charge on any atom is 0.103 e. The highest BCUT2D eigenvalue weighted by Gasteiger charge is 2.28. The first-order valence-electron chi connectivity index (χ1n) is 10.3. The molecule has 4 rings (SSSR count). The van der Waals surface area contributed by atoms with Crippen LogP contribution < -0.4 is 5.32 Å². The van der Waals surface area contributed by atoms with E-state index in [0.29, 0.717) is 32.9 Å². The van der Waals surface area contributed by atoms with E-state index in [4.69, 9.17) is 23.2 Å². The molecule has 1 atom stereocenters. The standard InChI is InChI=1S/C23H27Cl2N3O3S/c1-14-11-15(26-16-9-10-32(30,31)13-16)7-8-17(14)20-12-21(23(2,3)29)27-28(20)22-18(24)5-4-6-19(22)25/h4-8,11-12,16,26,29-31H,9-10,13H2,1-3H3. The van der Waals surface area contributed by atoms with Gasteiger partial charge in [-0.05, 0) is 63.1 Å². The normalized spacial score (nSPS) is 19.2. The number of hydrogen-bond donors (Lipinski definition) is 4. The van der Waals surface area contributed by atoms with Crippen molar-refractivity contribution in [1.29, 1.82) is 0 Å². The average molecular weight is 496 g/mol. The molecule has 3 aromatic rings. The summed E-state index contributed by atoms with van der Waals surface area (Å²) in [4.78, 5) is 0. The van der Waals surface area contributed by atoms with E-state index >= 15 is 0 Å². The van der Waals surface area contributed by atoms with Gasteiger partial charge in [-0.2, -0.15) is 15.7 Å². The van der Waals surface area contributed by atoms with Gasteiger partial charge in [-0.3, -0.25) is 9.11 Å². The van der Waals surface area contributed by atoms with Gasteiger partial charge in [0.1, 0.15) is 11.3 Å². The third kappa shape index (κ3) is 4.78. The van der Waals surface area contributed by atoms with E-state index in [-0.39, 0.29) is 6.04 Å². The molecule has 2 heterocycles. The van der Waals surface area contributed by atoms with Crippen LogP contribution in [0.4, 0.5) is 5.69 Å². The summed E-state index contributed by atoms with van der Waals surface area (Å²) < 4.78 is 21.5. The summed E-state index contributed by atoms with van der Waals surface area (Å²) >= 11 is 12.9. The number of rotatable bonds is 5. The molecule has 0 bridgehead atoms. The van der Waals surface area contributed by atoms with Gasteiger partial charge in [-0.1, -0.05) is 35.3 Å². The fraction of sp³-hybridized carbons (Fsp3) is 0.348. The quantitative estimate of drug-likeness (QED) is 0.332. The van der Waals surface area contributed by atoms with Crippen molar-refractivity contribution in [3.05, 3.63) is 63.8 Å². The molecule has 0 amide bonds. The van der Waals surface area contributed by atoms with E-state index in [1.165, 1.54) is 0 Å². The molecule has 1 saturated heterocycles. The minimum atomic E-state index is -2.46. The van der Waals surface area contributed by atoms with Crippen LogP contribution in [0, 0.1) is 6.92 Å². The zero-order valence-corrected chi connectivity index (χ0v) is 20.5. The lowest BCUT2D eigenvalue weighted by molar-refractivity contribution is 0.0734. The van der Waals surface area contributed by atoms with Crippen molar-refractivity contribution < 1.29 is 14.2 Å². The van der Waals surface area contributed by atoms with Crippen molar-refractivity contribution in [3.63, 3.8) is 0 Å². The largest absolute Gasteiger partial charge is 0.384 e. The van der Waals surface area contributed by atoms with Crippen molar-refractivity contribution in [2.24, 2.45) is 0 Å². The molecule has 1 fully saturated rings. The Morgan fingerprint density at radius 2 is 1.81 bits per heavy atom. The van der Waals surface area contributed by atoms with Crippen LogP contribution in [-0.4, -0.2) is 41.5 Å². The zero-order valence-electron chi connectivity index (χ0n) is 18.1. The van der Waals surface area contributed by atoms with Crippen molar-refractivity contribution in [2.75, 3.05) is 16.8 Å². The van der Waals surface area contributed by atoms with Crippen molar-refractivity contribution in [2.45, 2.75) is 38.8 Å². The topological polar surface area (TPSA) is 90.5 Å². The second kappa shape index (κ2) is 8.56. The van der Waals surface area contributed by atoms with E-state index < -0.39 is 16.2 Å². The molecule has 1 unspecified atom stereocenters. The van der Waals surface area contributed by atoms with Gasteiger partial charge in [0.15, 0.2) is 0 Å². The minimum Gasteiger partial charge on any atom is -0.384 e. The summed E-state index contributed by atoms with van der Waals surface area (Å²) in [6.45, 7) is 5.37. The van der Waals surface area contributed by atoms with E-state index in [9.17, 15) is 14.2 Å². The van der Waals surface area contributed by atoms with Gasteiger partial charge in [-0.15, -0.1) is 0 Å². The Morgan fingerprint density at radius 1 is 1.12 bits per heavy atom. The summed E-state index contributed by atoms with van der Waals surface area (Å²) in [6, 6.07) is 13.1. The van der Waals surface area contributed by atoms with Crippen LogP contribution in [0.1, 0.15) is 31.5 Å². The molecular formula is C23H27Cl2N3O3S. The second-order valence-corrected chi connectivity index (χ2v) is 11.9. The lowest BCUT2D eigenvalue weighted by atomic mass is 10.0. The van der Waals surface area contributed by atoms with Gasteiger partial charge in [-0.25, -0.2) is 4.68 Å². The van der Waals surface area contributed by atoms with Gasteiger partial charge in [0.2, 0.25) is 0 Å². The predicted molar refractivity (Wildman–Crippen MR) is 134 cm³/mol. The molecule has 1 aliphatic heterocycles. The lowest BCUT2D eigenvalue weighted by Crippen LogP contribution is -2.19. The third-order valence-electron chi connectivity index (χ3n) is 5.62. The molecule has 172 valence electrons. The Morgan fingerprint density at radius 3 is 2.38 bits per heavy atom. The molecule has 2 aromatic carbocycles. The number of aliphatic hydroxyl groups is 1. The first-order chi connectivity index (χ1) is 14.9. The molecule has 0 radical (unpaired) electrons. The second-order valence-electron chi connectivity index (χ2n) is 8.79. The van der Waals surface area contributed by atoms with Crippen molar-refractivity contribution >= 4 is 39.5 Å². The van der Waals surface area contributed by atoms with Crippen molar-refractivity contribution in [3.8, 4) is 16.9 Å². The fourth-order valence-corrected chi connectivity index (χ4v) is 6.22. The molecule has 0 aliphatic carbocycles. The zero-order chi connectivity index (χ0) is 23.3. The molecule has 32 heavy (non-hydrogen) atoms. The van der Waals surface area contributed by atoms with Crippen LogP contribution in [0.25, 0.3) is 16.9 Å². The van der Waals surface area contributed by atoms with E-state index in [1.54, 1.807) is 36.7 Å². The Kier molecular flexibility index (Phi) is 6.26. The fourth-order valence-electron chi connectivity index (χ4n) is 3.94. The Bertz CT molecular complexity index is 1140. The molecule has 0 saturated carbocycles. The molecule has 6 nitrogen and oxygen atoms in total. The number of para-hydroxylation sites is 1. The van der Waals surface area contributed by atoms with E-state index in [1.807, 2.05) is 31.2 Å². The predicted octanol–water partition coefficient (Wildman–Crippen LogP) is 6.32. The first-order valence-corrected chi connectivity index (χ1v) is 13.0. The van der Waals surface area contributed by atoms with Gasteiger partial charge in [0, 0.05) is 23.0 Å². The lowest BCUT2D eigenvalue weighted by Gasteiger charge is -2.26. The molecule has 0 spiro atoms. The minimum absolute atomic E-state index is 0.0412. The van der Waals surface area contributed by atoms with Gasteiger partial charge >= 0.3 is 0 Å². The number of halogens is 2. The summed E-state index contributed by atoms with van der Waals surface area (Å²) in [5.74, 6) is 0.819. The molecule has 9 heteroatoms. The van der Waals surface area contributed by atoms with Gasteiger partial charge in [0.25, 0.3) is 0 Å². The van der Waals surface area contributed by atoms with E-state index in [0.717, 1.165) is 28.9 Å². The average Bonchev–Trinajstić information content (AvgIpc) is 3.25. The van der Waals surface area contributed by atoms with Crippen LogP contribution in [-0.2, 0) is 5.60 Å². The third-order valence-corrected chi connectivity index (χ3v) is 8.06. The summed E-state index contributed by atoms with van der Waals surface area (Å²) in [5, 5.41) is 19.5. The van der Waals surface area contributed by atoms with Gasteiger partial charge in [0.05, 0.1) is 27.2 Å². The molecule has 4 N–H and O–H groups in total. The number of hydrogen-bond acceptors (Lipinski definition) is 5. The highest BCUT2D eigenvalue weighted by atomic mass is 35.5.